The highest BCUT2D eigenvalue weighted by atomic mass is 16.5. The molecule has 5 nitrogen and oxygen atoms in total. The Labute approximate surface area is 126 Å². The Morgan fingerprint density at radius 1 is 1.38 bits per heavy atom. The van der Waals surface area contributed by atoms with Gasteiger partial charge >= 0.3 is 0 Å². The van der Waals surface area contributed by atoms with E-state index in [9.17, 15) is 4.79 Å². The first-order valence-electron chi connectivity index (χ1n) is 7.40. The number of benzene rings is 1. The van der Waals surface area contributed by atoms with Gasteiger partial charge in [0.2, 0.25) is 5.91 Å². The molecule has 1 unspecified atom stereocenters. The molecule has 0 saturated carbocycles. The highest BCUT2D eigenvalue weighted by Gasteiger charge is 2.21. The van der Waals surface area contributed by atoms with Gasteiger partial charge in [-0.3, -0.25) is 4.79 Å². The van der Waals surface area contributed by atoms with E-state index in [0.717, 1.165) is 25.0 Å². The highest BCUT2D eigenvalue weighted by molar-refractivity contribution is 5.78. The topological polar surface area (TPSA) is 59.6 Å². The fourth-order valence-corrected chi connectivity index (χ4v) is 2.69. The van der Waals surface area contributed by atoms with E-state index < -0.39 is 0 Å². The van der Waals surface area contributed by atoms with Crippen LogP contribution in [-0.2, 0) is 16.0 Å². The quantitative estimate of drug-likeness (QED) is 0.746. The summed E-state index contributed by atoms with van der Waals surface area (Å²) in [5.74, 6) is 0.904. The summed E-state index contributed by atoms with van der Waals surface area (Å²) in [5, 5.41) is 6.17. The number of carbonyl (C=O) groups excluding carboxylic acids is 1. The van der Waals surface area contributed by atoms with Gasteiger partial charge in [0.1, 0.15) is 5.75 Å². The second-order valence-electron chi connectivity index (χ2n) is 5.25. The van der Waals surface area contributed by atoms with E-state index in [4.69, 9.17) is 9.47 Å². The zero-order valence-corrected chi connectivity index (χ0v) is 12.8. The van der Waals surface area contributed by atoms with Gasteiger partial charge in [-0.15, -0.1) is 0 Å². The molecular formula is C16H24N2O3. The minimum atomic E-state index is 0.0276. The molecule has 0 radical (unpaired) electrons. The van der Waals surface area contributed by atoms with Gasteiger partial charge in [-0.25, -0.2) is 0 Å². The Balaban J connectivity index is 1.92. The molecule has 116 valence electrons. The number of methoxy groups -OCH3 is 2. The van der Waals surface area contributed by atoms with Crippen molar-refractivity contribution >= 4 is 5.91 Å². The maximum atomic E-state index is 12.0. The number of aryl methyl sites for hydroxylation is 1. The normalized spacial score (nSPS) is 17.1. The minimum absolute atomic E-state index is 0.0276. The summed E-state index contributed by atoms with van der Waals surface area (Å²) < 4.78 is 10.2. The SMILES string of the molecule is COCCNCC(=O)NC1CCCc2cc(OC)ccc21. The van der Waals surface area contributed by atoms with Crippen LogP contribution in [0.1, 0.15) is 30.0 Å². The predicted octanol–water partition coefficient (Wildman–Crippen LogP) is 1.42. The van der Waals surface area contributed by atoms with Gasteiger partial charge in [0, 0.05) is 13.7 Å². The maximum Gasteiger partial charge on any atom is 0.234 e. The van der Waals surface area contributed by atoms with E-state index >= 15 is 0 Å². The third-order valence-electron chi connectivity index (χ3n) is 3.77. The van der Waals surface area contributed by atoms with Gasteiger partial charge in [-0.1, -0.05) is 6.07 Å². The van der Waals surface area contributed by atoms with Gasteiger partial charge in [0.15, 0.2) is 0 Å². The molecule has 1 atom stereocenters. The Kier molecular flexibility index (Phi) is 6.02. The van der Waals surface area contributed by atoms with Crippen LogP contribution in [0.4, 0.5) is 0 Å². The maximum absolute atomic E-state index is 12.0. The van der Waals surface area contributed by atoms with Gasteiger partial charge in [-0.2, -0.15) is 0 Å². The molecule has 1 aliphatic carbocycles. The number of carbonyl (C=O) groups is 1. The lowest BCUT2D eigenvalue weighted by atomic mass is 9.87. The molecule has 21 heavy (non-hydrogen) atoms. The number of hydrogen-bond acceptors (Lipinski definition) is 4. The summed E-state index contributed by atoms with van der Waals surface area (Å²) in [6, 6.07) is 6.21. The fourth-order valence-electron chi connectivity index (χ4n) is 2.69. The largest absolute Gasteiger partial charge is 0.497 e. The van der Waals surface area contributed by atoms with E-state index in [1.165, 1.54) is 11.1 Å². The van der Waals surface area contributed by atoms with E-state index in [1.54, 1.807) is 14.2 Å². The van der Waals surface area contributed by atoms with E-state index in [1.807, 2.05) is 6.07 Å². The Hall–Kier alpha value is -1.59. The van der Waals surface area contributed by atoms with Gasteiger partial charge in [-0.05, 0) is 42.5 Å². The zero-order chi connectivity index (χ0) is 15.1. The number of amides is 1. The predicted molar refractivity (Wildman–Crippen MR) is 81.6 cm³/mol. The minimum Gasteiger partial charge on any atom is -0.497 e. The highest BCUT2D eigenvalue weighted by Crippen LogP contribution is 2.32. The summed E-state index contributed by atoms with van der Waals surface area (Å²) in [4.78, 5) is 12.0. The van der Waals surface area contributed by atoms with E-state index in [-0.39, 0.29) is 11.9 Å². The molecule has 5 heteroatoms. The lowest BCUT2D eigenvalue weighted by molar-refractivity contribution is -0.121. The first-order chi connectivity index (χ1) is 10.2. The monoisotopic (exact) mass is 292 g/mol. The van der Waals surface area contributed by atoms with Crippen LogP contribution in [0.25, 0.3) is 0 Å². The first-order valence-corrected chi connectivity index (χ1v) is 7.40. The molecule has 0 aromatic heterocycles. The van der Waals surface area contributed by atoms with Crippen molar-refractivity contribution in [2.24, 2.45) is 0 Å². The van der Waals surface area contributed by atoms with Crippen LogP contribution in [0.3, 0.4) is 0 Å². The van der Waals surface area contributed by atoms with Crippen molar-refractivity contribution in [3.8, 4) is 5.75 Å². The molecule has 1 amide bonds. The molecule has 0 aliphatic heterocycles. The fraction of sp³-hybridized carbons (Fsp3) is 0.562. The van der Waals surface area contributed by atoms with Crippen LogP contribution in [0.5, 0.6) is 5.75 Å². The van der Waals surface area contributed by atoms with Crippen LogP contribution >= 0.6 is 0 Å². The van der Waals surface area contributed by atoms with Gasteiger partial charge in [0.05, 0.1) is 26.3 Å². The third kappa shape index (κ3) is 4.44. The van der Waals surface area contributed by atoms with Gasteiger partial charge < -0.3 is 20.1 Å². The molecule has 0 saturated heterocycles. The van der Waals surface area contributed by atoms with E-state index in [0.29, 0.717) is 19.7 Å². The molecule has 0 bridgehead atoms. The second kappa shape index (κ2) is 8.00. The zero-order valence-electron chi connectivity index (χ0n) is 12.8. The van der Waals surface area contributed by atoms with Gasteiger partial charge in [0.25, 0.3) is 0 Å². The Bertz CT molecular complexity index is 477. The van der Waals surface area contributed by atoms with Crippen molar-refractivity contribution in [2.45, 2.75) is 25.3 Å². The van der Waals surface area contributed by atoms with Crippen molar-refractivity contribution in [3.05, 3.63) is 29.3 Å². The Morgan fingerprint density at radius 2 is 2.24 bits per heavy atom. The summed E-state index contributed by atoms with van der Waals surface area (Å²) in [6.45, 7) is 1.62. The lowest BCUT2D eigenvalue weighted by Crippen LogP contribution is -2.38. The van der Waals surface area contributed by atoms with Crippen LogP contribution in [-0.4, -0.2) is 39.8 Å². The Morgan fingerprint density at radius 3 is 3.00 bits per heavy atom. The second-order valence-corrected chi connectivity index (χ2v) is 5.25. The van der Waals surface area contributed by atoms with Crippen LogP contribution in [0, 0.1) is 0 Å². The van der Waals surface area contributed by atoms with E-state index in [2.05, 4.69) is 22.8 Å². The first kappa shape index (κ1) is 15.8. The number of rotatable bonds is 7. The number of fused-ring (bicyclic) bond motifs is 1. The molecule has 2 rings (SSSR count). The molecule has 0 spiro atoms. The van der Waals surface area contributed by atoms with Crippen LogP contribution in [0.2, 0.25) is 0 Å². The molecule has 2 N–H and O–H groups in total. The third-order valence-corrected chi connectivity index (χ3v) is 3.77. The molecule has 1 aromatic rings. The van der Waals surface area contributed by atoms with Crippen molar-refractivity contribution in [3.63, 3.8) is 0 Å². The molecule has 0 heterocycles. The van der Waals surface area contributed by atoms with Crippen LogP contribution < -0.4 is 15.4 Å². The van der Waals surface area contributed by atoms with Crippen molar-refractivity contribution in [2.75, 3.05) is 33.9 Å². The standard InChI is InChI=1S/C16H24N2O3/c1-20-9-8-17-11-16(19)18-15-5-3-4-12-10-13(21-2)6-7-14(12)15/h6-7,10,15,17H,3-5,8-9,11H2,1-2H3,(H,18,19). The van der Waals surface area contributed by atoms with Crippen molar-refractivity contribution in [1.29, 1.82) is 0 Å². The molecule has 1 aliphatic rings. The number of hydrogen-bond donors (Lipinski definition) is 2. The summed E-state index contributed by atoms with van der Waals surface area (Å²) in [7, 11) is 3.32. The van der Waals surface area contributed by atoms with Crippen LogP contribution in [0.15, 0.2) is 18.2 Å². The number of nitrogens with one attached hydrogen (secondary N) is 2. The van der Waals surface area contributed by atoms with Crippen molar-refractivity contribution < 1.29 is 14.3 Å². The smallest absolute Gasteiger partial charge is 0.234 e. The number of ether oxygens (including phenoxy) is 2. The summed E-state index contributed by atoms with van der Waals surface area (Å²) >= 11 is 0. The molecule has 1 aromatic carbocycles. The summed E-state index contributed by atoms with van der Waals surface area (Å²) in [5.41, 5.74) is 2.49. The van der Waals surface area contributed by atoms with Crippen molar-refractivity contribution in [1.82, 2.24) is 10.6 Å². The summed E-state index contributed by atoms with van der Waals surface area (Å²) in [6.07, 6.45) is 3.12. The average Bonchev–Trinajstić information content (AvgIpc) is 2.51. The average molecular weight is 292 g/mol. The lowest BCUT2D eigenvalue weighted by Gasteiger charge is -2.27. The molecular weight excluding hydrogens is 268 g/mol. The molecule has 0 fully saturated rings.